The SMILES string of the molecule is CCCC(=O)Nc1ccc(C2CCCCC2)cc1. The number of nitrogens with one attached hydrogen (secondary N) is 1. The molecule has 0 saturated heterocycles. The summed E-state index contributed by atoms with van der Waals surface area (Å²) < 4.78 is 0. The fraction of sp³-hybridized carbons (Fsp3) is 0.562. The number of benzene rings is 1. The van der Waals surface area contributed by atoms with Crippen LogP contribution >= 0.6 is 0 Å². The topological polar surface area (TPSA) is 29.1 Å². The molecule has 0 radical (unpaired) electrons. The molecule has 1 aliphatic carbocycles. The quantitative estimate of drug-likeness (QED) is 0.833. The summed E-state index contributed by atoms with van der Waals surface area (Å²) in [5.41, 5.74) is 2.36. The summed E-state index contributed by atoms with van der Waals surface area (Å²) in [7, 11) is 0. The highest BCUT2D eigenvalue weighted by molar-refractivity contribution is 5.90. The average molecular weight is 245 g/mol. The molecular weight excluding hydrogens is 222 g/mol. The van der Waals surface area contributed by atoms with Crippen molar-refractivity contribution in [2.75, 3.05) is 5.32 Å². The molecular formula is C16H23NO. The summed E-state index contributed by atoms with van der Waals surface area (Å²) in [6.07, 6.45) is 8.25. The zero-order valence-corrected chi connectivity index (χ0v) is 11.2. The van der Waals surface area contributed by atoms with Crippen LogP contribution in [0.25, 0.3) is 0 Å². The van der Waals surface area contributed by atoms with Gasteiger partial charge in [0.25, 0.3) is 0 Å². The number of anilines is 1. The highest BCUT2D eigenvalue weighted by Gasteiger charge is 2.15. The van der Waals surface area contributed by atoms with Crippen molar-refractivity contribution in [3.8, 4) is 0 Å². The van der Waals surface area contributed by atoms with Crippen LogP contribution in [0.2, 0.25) is 0 Å². The van der Waals surface area contributed by atoms with Gasteiger partial charge >= 0.3 is 0 Å². The number of carbonyl (C=O) groups is 1. The van der Waals surface area contributed by atoms with Crippen molar-refractivity contribution in [3.05, 3.63) is 29.8 Å². The van der Waals surface area contributed by atoms with E-state index in [1.54, 1.807) is 0 Å². The molecule has 0 unspecified atom stereocenters. The van der Waals surface area contributed by atoms with E-state index in [1.807, 2.05) is 19.1 Å². The van der Waals surface area contributed by atoms with Crippen molar-refractivity contribution < 1.29 is 4.79 Å². The van der Waals surface area contributed by atoms with Gasteiger partial charge in [0.2, 0.25) is 5.91 Å². The minimum Gasteiger partial charge on any atom is -0.326 e. The maximum atomic E-state index is 11.5. The maximum absolute atomic E-state index is 11.5. The van der Waals surface area contributed by atoms with Crippen LogP contribution in [0.3, 0.4) is 0 Å². The minimum absolute atomic E-state index is 0.114. The molecule has 0 heterocycles. The molecule has 1 amide bonds. The van der Waals surface area contributed by atoms with E-state index in [9.17, 15) is 4.79 Å². The van der Waals surface area contributed by atoms with Crippen molar-refractivity contribution in [2.24, 2.45) is 0 Å². The van der Waals surface area contributed by atoms with Crippen LogP contribution in [0.4, 0.5) is 5.69 Å². The van der Waals surface area contributed by atoms with Crippen molar-refractivity contribution in [3.63, 3.8) is 0 Å². The van der Waals surface area contributed by atoms with E-state index in [1.165, 1.54) is 37.7 Å². The standard InChI is InChI=1S/C16H23NO/c1-2-6-16(18)17-15-11-9-14(10-12-15)13-7-4-3-5-8-13/h9-13H,2-8H2,1H3,(H,17,18). The molecule has 2 heteroatoms. The Morgan fingerprint density at radius 1 is 1.17 bits per heavy atom. The summed E-state index contributed by atoms with van der Waals surface area (Å²) in [6, 6.07) is 8.43. The van der Waals surface area contributed by atoms with Gasteiger partial charge in [-0.15, -0.1) is 0 Å². The van der Waals surface area contributed by atoms with E-state index < -0.39 is 0 Å². The second kappa shape index (κ2) is 6.58. The van der Waals surface area contributed by atoms with Gasteiger partial charge in [0, 0.05) is 12.1 Å². The predicted octanol–water partition coefficient (Wildman–Crippen LogP) is 4.47. The highest BCUT2D eigenvalue weighted by atomic mass is 16.1. The van der Waals surface area contributed by atoms with E-state index >= 15 is 0 Å². The van der Waals surface area contributed by atoms with Crippen molar-refractivity contribution >= 4 is 11.6 Å². The fourth-order valence-electron chi connectivity index (χ4n) is 2.73. The van der Waals surface area contributed by atoms with Gasteiger partial charge in [-0.25, -0.2) is 0 Å². The van der Waals surface area contributed by atoms with Crippen molar-refractivity contribution in [2.45, 2.75) is 57.8 Å². The molecule has 0 atom stereocenters. The largest absolute Gasteiger partial charge is 0.326 e. The number of hydrogen-bond acceptors (Lipinski definition) is 1. The van der Waals surface area contributed by atoms with E-state index in [4.69, 9.17) is 0 Å². The molecule has 0 spiro atoms. The lowest BCUT2D eigenvalue weighted by Gasteiger charge is -2.22. The van der Waals surface area contributed by atoms with Gasteiger partial charge in [0.1, 0.15) is 0 Å². The first kappa shape index (κ1) is 13.1. The molecule has 2 nitrogen and oxygen atoms in total. The lowest BCUT2D eigenvalue weighted by atomic mass is 9.84. The Balaban J connectivity index is 1.94. The second-order valence-electron chi connectivity index (χ2n) is 5.26. The Labute approximate surface area is 110 Å². The maximum Gasteiger partial charge on any atom is 0.224 e. The lowest BCUT2D eigenvalue weighted by molar-refractivity contribution is -0.116. The van der Waals surface area contributed by atoms with Gasteiger partial charge in [0.05, 0.1) is 0 Å². The van der Waals surface area contributed by atoms with E-state index in [2.05, 4.69) is 17.4 Å². The Morgan fingerprint density at radius 2 is 1.83 bits per heavy atom. The first-order valence-electron chi connectivity index (χ1n) is 7.19. The Bertz CT molecular complexity index is 377. The zero-order chi connectivity index (χ0) is 12.8. The molecule has 0 aliphatic heterocycles. The number of hydrogen-bond donors (Lipinski definition) is 1. The third-order valence-corrected chi connectivity index (χ3v) is 3.75. The van der Waals surface area contributed by atoms with E-state index in [0.717, 1.165) is 18.0 Å². The molecule has 18 heavy (non-hydrogen) atoms. The molecule has 1 aliphatic rings. The molecule has 0 bridgehead atoms. The van der Waals surface area contributed by atoms with Crippen LogP contribution < -0.4 is 5.32 Å². The van der Waals surface area contributed by atoms with Gasteiger partial charge in [-0.05, 0) is 42.9 Å². The highest BCUT2D eigenvalue weighted by Crippen LogP contribution is 2.32. The zero-order valence-electron chi connectivity index (χ0n) is 11.2. The minimum atomic E-state index is 0.114. The summed E-state index contributed by atoms with van der Waals surface area (Å²) in [5, 5.41) is 2.93. The summed E-state index contributed by atoms with van der Waals surface area (Å²) in [4.78, 5) is 11.5. The van der Waals surface area contributed by atoms with Gasteiger partial charge in [-0.2, -0.15) is 0 Å². The third-order valence-electron chi connectivity index (χ3n) is 3.75. The van der Waals surface area contributed by atoms with Gasteiger partial charge < -0.3 is 5.32 Å². The molecule has 1 saturated carbocycles. The van der Waals surface area contributed by atoms with Crippen LogP contribution in [-0.4, -0.2) is 5.91 Å². The number of carbonyl (C=O) groups excluding carboxylic acids is 1. The molecule has 2 rings (SSSR count). The van der Waals surface area contributed by atoms with Crippen molar-refractivity contribution in [1.29, 1.82) is 0 Å². The Kier molecular flexibility index (Phi) is 4.80. The van der Waals surface area contributed by atoms with Gasteiger partial charge in [0.15, 0.2) is 0 Å². The summed E-state index contributed by atoms with van der Waals surface area (Å²) in [6.45, 7) is 2.02. The predicted molar refractivity (Wildman–Crippen MR) is 75.8 cm³/mol. The van der Waals surface area contributed by atoms with Crippen LogP contribution in [-0.2, 0) is 4.79 Å². The van der Waals surface area contributed by atoms with Crippen LogP contribution in [0, 0.1) is 0 Å². The average Bonchev–Trinajstić information content (AvgIpc) is 2.41. The lowest BCUT2D eigenvalue weighted by Crippen LogP contribution is -2.10. The number of rotatable bonds is 4. The second-order valence-corrected chi connectivity index (χ2v) is 5.26. The molecule has 98 valence electrons. The number of amides is 1. The first-order valence-corrected chi connectivity index (χ1v) is 7.19. The third kappa shape index (κ3) is 3.59. The molecule has 1 N–H and O–H groups in total. The van der Waals surface area contributed by atoms with Crippen LogP contribution in [0.15, 0.2) is 24.3 Å². The Hall–Kier alpha value is -1.31. The monoisotopic (exact) mass is 245 g/mol. The smallest absolute Gasteiger partial charge is 0.224 e. The molecule has 1 aromatic carbocycles. The van der Waals surface area contributed by atoms with Gasteiger partial charge in [-0.3, -0.25) is 4.79 Å². The summed E-state index contributed by atoms with van der Waals surface area (Å²) in [5.74, 6) is 0.849. The van der Waals surface area contributed by atoms with Crippen LogP contribution in [0.1, 0.15) is 63.4 Å². The Morgan fingerprint density at radius 3 is 2.44 bits per heavy atom. The van der Waals surface area contributed by atoms with E-state index in [-0.39, 0.29) is 5.91 Å². The molecule has 1 aromatic rings. The molecule has 1 fully saturated rings. The van der Waals surface area contributed by atoms with E-state index in [0.29, 0.717) is 6.42 Å². The van der Waals surface area contributed by atoms with Crippen LogP contribution in [0.5, 0.6) is 0 Å². The first-order chi connectivity index (χ1) is 8.79. The normalized spacial score (nSPS) is 16.5. The fourth-order valence-corrected chi connectivity index (χ4v) is 2.73. The van der Waals surface area contributed by atoms with Crippen molar-refractivity contribution in [1.82, 2.24) is 0 Å². The summed E-state index contributed by atoms with van der Waals surface area (Å²) >= 11 is 0. The molecule has 0 aromatic heterocycles. The van der Waals surface area contributed by atoms with Gasteiger partial charge in [-0.1, -0.05) is 38.3 Å².